The molecule has 1 N–H and O–H groups in total. The van der Waals surface area contributed by atoms with Gasteiger partial charge in [0.2, 0.25) is 0 Å². The molecule has 1 fully saturated rings. The van der Waals surface area contributed by atoms with Gasteiger partial charge in [-0.3, -0.25) is 0 Å². The summed E-state index contributed by atoms with van der Waals surface area (Å²) in [5.41, 5.74) is 1.75. The first kappa shape index (κ1) is 15.8. The first-order valence-electron chi connectivity index (χ1n) is 8.34. The van der Waals surface area contributed by atoms with Crippen LogP contribution in [0.1, 0.15) is 58.1 Å². The lowest BCUT2D eigenvalue weighted by molar-refractivity contribution is 0.0490. The molecule has 0 radical (unpaired) electrons. The monoisotopic (exact) mass is 315 g/mol. The largest absolute Gasteiger partial charge is 0.444 e. The lowest BCUT2D eigenvalue weighted by Crippen LogP contribution is -2.41. The van der Waals surface area contributed by atoms with Gasteiger partial charge in [-0.25, -0.2) is 9.78 Å². The molecule has 1 aliphatic carbocycles. The second-order valence-corrected chi connectivity index (χ2v) is 7.32. The van der Waals surface area contributed by atoms with Crippen LogP contribution in [0.2, 0.25) is 0 Å². The number of imidazole rings is 1. The molecule has 0 unspecified atom stereocenters. The van der Waals surface area contributed by atoms with Crippen LogP contribution in [0.25, 0.3) is 5.65 Å². The number of hydrogen-bond donors (Lipinski definition) is 1. The minimum Gasteiger partial charge on any atom is -0.444 e. The standard InChI is InChI=1S/C18H25N3O2/c1-18(2,3)23-17(22)20-14-8-6-7-13(11-14)15-12-19-16-9-4-5-10-21(15)16/h4-5,9-10,12-14H,6-8,11H2,1-3H3,(H,20,22)/t13-,14-/m1/s1. The molecule has 2 atom stereocenters. The molecule has 5 nitrogen and oxygen atoms in total. The lowest BCUT2D eigenvalue weighted by Gasteiger charge is -2.30. The van der Waals surface area contributed by atoms with E-state index in [-0.39, 0.29) is 12.1 Å². The van der Waals surface area contributed by atoms with Crippen molar-refractivity contribution in [3.63, 3.8) is 0 Å². The third kappa shape index (κ3) is 3.84. The Morgan fingerprint density at radius 2 is 2.17 bits per heavy atom. The molecule has 0 bridgehead atoms. The van der Waals surface area contributed by atoms with E-state index < -0.39 is 5.60 Å². The molecule has 23 heavy (non-hydrogen) atoms. The number of nitrogens with zero attached hydrogens (tertiary/aromatic N) is 2. The zero-order valence-electron chi connectivity index (χ0n) is 14.1. The summed E-state index contributed by atoms with van der Waals surface area (Å²) in [6, 6.07) is 6.21. The Balaban J connectivity index is 1.68. The third-order valence-electron chi connectivity index (χ3n) is 4.26. The number of fused-ring (bicyclic) bond motifs is 1. The van der Waals surface area contributed by atoms with Crippen molar-refractivity contribution >= 4 is 11.7 Å². The summed E-state index contributed by atoms with van der Waals surface area (Å²) in [4.78, 5) is 16.5. The SMILES string of the molecule is CC(C)(C)OC(=O)N[C@@H]1CCC[C@@H](c2cnc3ccccn23)C1. The Bertz CT molecular complexity index is 687. The van der Waals surface area contributed by atoms with Crippen molar-refractivity contribution in [2.45, 2.75) is 64.0 Å². The van der Waals surface area contributed by atoms with Crippen LogP contribution >= 0.6 is 0 Å². The summed E-state index contributed by atoms with van der Waals surface area (Å²) in [7, 11) is 0. The molecule has 1 saturated carbocycles. The van der Waals surface area contributed by atoms with Gasteiger partial charge in [0.25, 0.3) is 0 Å². The summed E-state index contributed by atoms with van der Waals surface area (Å²) < 4.78 is 7.52. The van der Waals surface area contributed by atoms with Gasteiger partial charge in [-0.2, -0.15) is 0 Å². The Labute approximate surface area is 137 Å². The number of hydrogen-bond acceptors (Lipinski definition) is 3. The van der Waals surface area contributed by atoms with E-state index in [1.807, 2.05) is 45.2 Å². The molecule has 2 aromatic heterocycles. The molecule has 3 rings (SSSR count). The zero-order valence-corrected chi connectivity index (χ0v) is 14.1. The maximum Gasteiger partial charge on any atom is 0.407 e. The first-order valence-corrected chi connectivity index (χ1v) is 8.34. The predicted octanol–water partition coefficient (Wildman–Crippen LogP) is 3.89. The molecular formula is C18H25N3O2. The number of aromatic nitrogens is 2. The van der Waals surface area contributed by atoms with E-state index in [0.717, 1.165) is 31.3 Å². The van der Waals surface area contributed by atoms with E-state index in [1.54, 1.807) is 0 Å². The van der Waals surface area contributed by atoms with Crippen LogP contribution in [0.4, 0.5) is 4.79 Å². The number of carbonyl (C=O) groups is 1. The van der Waals surface area contributed by atoms with Crippen molar-refractivity contribution in [1.29, 1.82) is 0 Å². The van der Waals surface area contributed by atoms with Crippen LogP contribution in [0, 0.1) is 0 Å². The van der Waals surface area contributed by atoms with Crippen molar-refractivity contribution in [3.8, 4) is 0 Å². The van der Waals surface area contributed by atoms with Gasteiger partial charge in [0, 0.05) is 30.0 Å². The molecule has 124 valence electrons. The number of nitrogens with one attached hydrogen (secondary N) is 1. The van der Waals surface area contributed by atoms with Crippen LogP contribution in [0.3, 0.4) is 0 Å². The summed E-state index contributed by atoms with van der Waals surface area (Å²) in [6.07, 6.45) is 7.88. The van der Waals surface area contributed by atoms with Gasteiger partial charge in [0.1, 0.15) is 11.2 Å². The number of carbonyl (C=O) groups excluding carboxylic acids is 1. The van der Waals surface area contributed by atoms with Crippen molar-refractivity contribution < 1.29 is 9.53 Å². The van der Waals surface area contributed by atoms with Gasteiger partial charge in [0.15, 0.2) is 0 Å². The molecule has 5 heteroatoms. The van der Waals surface area contributed by atoms with E-state index in [4.69, 9.17) is 4.74 Å². The van der Waals surface area contributed by atoms with Crippen LogP contribution < -0.4 is 5.32 Å². The maximum atomic E-state index is 12.0. The van der Waals surface area contributed by atoms with Crippen molar-refractivity contribution in [3.05, 3.63) is 36.3 Å². The molecule has 2 aromatic rings. The van der Waals surface area contributed by atoms with Crippen LogP contribution in [0.5, 0.6) is 0 Å². The fourth-order valence-electron chi connectivity index (χ4n) is 3.32. The molecule has 0 aliphatic heterocycles. The Morgan fingerprint density at radius 3 is 2.96 bits per heavy atom. The second-order valence-electron chi connectivity index (χ2n) is 7.32. The quantitative estimate of drug-likeness (QED) is 0.915. The van der Waals surface area contributed by atoms with E-state index >= 15 is 0 Å². The van der Waals surface area contributed by atoms with E-state index in [0.29, 0.717) is 5.92 Å². The highest BCUT2D eigenvalue weighted by Crippen LogP contribution is 2.33. The summed E-state index contributed by atoms with van der Waals surface area (Å²) >= 11 is 0. The Morgan fingerprint density at radius 1 is 1.35 bits per heavy atom. The summed E-state index contributed by atoms with van der Waals surface area (Å²) in [5, 5.41) is 3.02. The number of ether oxygens (including phenoxy) is 1. The van der Waals surface area contributed by atoms with Crippen molar-refractivity contribution in [1.82, 2.24) is 14.7 Å². The third-order valence-corrected chi connectivity index (χ3v) is 4.26. The molecule has 1 amide bonds. The number of rotatable bonds is 2. The van der Waals surface area contributed by atoms with Gasteiger partial charge in [-0.05, 0) is 52.2 Å². The summed E-state index contributed by atoms with van der Waals surface area (Å²) in [6.45, 7) is 5.65. The fraction of sp³-hybridized carbons (Fsp3) is 0.556. The highest BCUT2D eigenvalue weighted by Gasteiger charge is 2.27. The normalized spacial score (nSPS) is 22.0. The average Bonchev–Trinajstić information content (AvgIpc) is 2.89. The fourth-order valence-corrected chi connectivity index (χ4v) is 3.32. The average molecular weight is 315 g/mol. The maximum absolute atomic E-state index is 12.0. The Hall–Kier alpha value is -2.04. The van der Waals surface area contributed by atoms with E-state index in [9.17, 15) is 4.79 Å². The Kier molecular flexibility index (Phi) is 4.28. The molecule has 0 spiro atoms. The van der Waals surface area contributed by atoms with Crippen molar-refractivity contribution in [2.24, 2.45) is 0 Å². The highest BCUT2D eigenvalue weighted by molar-refractivity contribution is 5.68. The van der Waals surface area contributed by atoms with Gasteiger partial charge in [-0.1, -0.05) is 12.5 Å². The summed E-state index contributed by atoms with van der Waals surface area (Å²) in [5.74, 6) is 0.418. The highest BCUT2D eigenvalue weighted by atomic mass is 16.6. The zero-order chi connectivity index (χ0) is 16.4. The lowest BCUT2D eigenvalue weighted by atomic mass is 9.84. The van der Waals surface area contributed by atoms with Gasteiger partial charge in [0.05, 0.1) is 0 Å². The van der Waals surface area contributed by atoms with Gasteiger partial charge < -0.3 is 14.5 Å². The minimum atomic E-state index is -0.459. The van der Waals surface area contributed by atoms with Crippen LogP contribution in [-0.4, -0.2) is 27.1 Å². The molecule has 0 saturated heterocycles. The molecule has 1 aliphatic rings. The number of alkyl carbamates (subject to hydrolysis) is 1. The van der Waals surface area contributed by atoms with Crippen molar-refractivity contribution in [2.75, 3.05) is 0 Å². The number of amides is 1. The minimum absolute atomic E-state index is 0.165. The second kappa shape index (κ2) is 6.22. The molecular weight excluding hydrogens is 290 g/mol. The van der Waals surface area contributed by atoms with Gasteiger partial charge >= 0.3 is 6.09 Å². The predicted molar refractivity (Wildman–Crippen MR) is 89.6 cm³/mol. The first-order chi connectivity index (χ1) is 10.9. The van der Waals surface area contributed by atoms with E-state index in [1.165, 1.54) is 5.69 Å². The van der Waals surface area contributed by atoms with Crippen LogP contribution in [-0.2, 0) is 4.74 Å². The number of pyridine rings is 1. The molecule has 0 aromatic carbocycles. The smallest absolute Gasteiger partial charge is 0.407 e. The molecule has 2 heterocycles. The van der Waals surface area contributed by atoms with Crippen LogP contribution in [0.15, 0.2) is 30.6 Å². The topological polar surface area (TPSA) is 55.6 Å². The van der Waals surface area contributed by atoms with Gasteiger partial charge in [-0.15, -0.1) is 0 Å². The van der Waals surface area contributed by atoms with E-state index in [2.05, 4.69) is 20.9 Å².